The number of aromatic amines is 1. The number of halogens is 1. The number of benzene rings is 2. The number of rotatable bonds is 4. The number of fused-ring (bicyclic) bond motifs is 1. The number of nitrogens with zero attached hydrogens (tertiary/aromatic N) is 3. The van der Waals surface area contributed by atoms with Crippen LogP contribution in [-0.2, 0) is 0 Å². The minimum atomic E-state index is -1.57. The maximum absolute atomic E-state index is 12.3. The van der Waals surface area contributed by atoms with Crippen LogP contribution >= 0.6 is 11.6 Å². The van der Waals surface area contributed by atoms with E-state index in [9.17, 15) is 20.3 Å². The lowest BCUT2D eigenvalue weighted by atomic mass is 10.0. The monoisotopic (exact) mass is 375 g/mol. The Labute approximate surface area is 150 Å². The van der Waals surface area contributed by atoms with Crippen LogP contribution in [0.3, 0.4) is 0 Å². The molecule has 0 bridgehead atoms. The molecule has 1 unspecified atom stereocenters. The third-order valence-corrected chi connectivity index (χ3v) is 3.91. The molecule has 4 N–H and O–H groups in total. The molecule has 9 nitrogen and oxygen atoms in total. The van der Waals surface area contributed by atoms with Crippen LogP contribution in [0, 0.1) is 5.21 Å². The smallest absolute Gasteiger partial charge is 0.276 e. The summed E-state index contributed by atoms with van der Waals surface area (Å²) in [7, 11) is 0. The number of oxime groups is 1. The fourth-order valence-corrected chi connectivity index (χ4v) is 2.61. The van der Waals surface area contributed by atoms with Crippen molar-refractivity contribution in [2.24, 2.45) is 5.16 Å². The summed E-state index contributed by atoms with van der Waals surface area (Å²) in [5.41, 5.74) is -0.708. The predicted molar refractivity (Wildman–Crippen MR) is 94.7 cm³/mol. The van der Waals surface area contributed by atoms with Crippen LogP contribution < -0.4 is 10.8 Å². The van der Waals surface area contributed by atoms with Crippen molar-refractivity contribution in [3.63, 3.8) is 0 Å². The zero-order valence-electron chi connectivity index (χ0n) is 13.0. The van der Waals surface area contributed by atoms with Gasteiger partial charge in [-0.1, -0.05) is 28.9 Å². The highest BCUT2D eigenvalue weighted by Crippen LogP contribution is 2.23. The van der Waals surface area contributed by atoms with Gasteiger partial charge in [0.05, 0.1) is 16.7 Å². The Morgan fingerprint density at radius 1 is 1.31 bits per heavy atom. The van der Waals surface area contributed by atoms with E-state index < -0.39 is 17.4 Å². The molecule has 134 valence electrons. The molecule has 3 aromatic rings. The summed E-state index contributed by atoms with van der Waals surface area (Å²) in [6.45, 7) is 0. The average molecular weight is 376 g/mol. The van der Waals surface area contributed by atoms with E-state index in [1.807, 2.05) is 0 Å². The topological polar surface area (TPSA) is 145 Å². The van der Waals surface area contributed by atoms with Gasteiger partial charge in [-0.15, -0.1) is 0 Å². The minimum Gasteiger partial charge on any atom is -0.733 e. The second-order valence-electron chi connectivity index (χ2n) is 5.33. The van der Waals surface area contributed by atoms with Crippen molar-refractivity contribution < 1.29 is 15.5 Å². The Kier molecular flexibility index (Phi) is 4.87. The van der Waals surface area contributed by atoms with Gasteiger partial charge in [-0.25, -0.2) is 4.98 Å². The quantitative estimate of drug-likeness (QED) is 0.310. The van der Waals surface area contributed by atoms with Gasteiger partial charge in [-0.05, 0) is 35.9 Å². The first-order valence-electron chi connectivity index (χ1n) is 7.27. The maximum Gasteiger partial charge on any atom is 0.276 e. The largest absolute Gasteiger partial charge is 0.733 e. The van der Waals surface area contributed by atoms with E-state index in [0.717, 1.165) is 0 Å². The van der Waals surface area contributed by atoms with Gasteiger partial charge in [0, 0.05) is 5.02 Å². The Hall–Kier alpha value is -2.98. The van der Waals surface area contributed by atoms with Gasteiger partial charge in [0.1, 0.15) is 11.8 Å². The van der Waals surface area contributed by atoms with Crippen LogP contribution in [0.15, 0.2) is 52.4 Å². The summed E-state index contributed by atoms with van der Waals surface area (Å²) >= 11 is 5.87. The lowest BCUT2D eigenvalue weighted by Crippen LogP contribution is -2.25. The number of hydrogen-bond acceptors (Lipinski definition) is 8. The molecule has 1 atom stereocenters. The van der Waals surface area contributed by atoms with Crippen molar-refractivity contribution >= 4 is 34.0 Å². The molecular formula is C16H12ClN4O5-. The minimum absolute atomic E-state index is 0.114. The number of anilines is 1. The van der Waals surface area contributed by atoms with E-state index in [-0.39, 0.29) is 22.2 Å². The molecule has 0 radical (unpaired) electrons. The first-order chi connectivity index (χ1) is 12.4. The van der Waals surface area contributed by atoms with Crippen LogP contribution in [0.5, 0.6) is 0 Å². The number of aromatic nitrogens is 2. The molecule has 10 heteroatoms. The fraction of sp³-hybridized carbons (Fsp3) is 0.0625. The second-order valence-corrected chi connectivity index (χ2v) is 5.77. The highest BCUT2D eigenvalue weighted by molar-refractivity contribution is 6.31. The van der Waals surface area contributed by atoms with Gasteiger partial charge in [0.15, 0.2) is 5.69 Å². The molecular weight excluding hydrogens is 364 g/mol. The molecule has 0 aliphatic carbocycles. The van der Waals surface area contributed by atoms with Crippen molar-refractivity contribution in [1.29, 1.82) is 0 Å². The lowest BCUT2D eigenvalue weighted by Gasteiger charge is -2.22. The van der Waals surface area contributed by atoms with E-state index in [1.54, 1.807) is 12.1 Å². The van der Waals surface area contributed by atoms with Crippen LogP contribution in [0.1, 0.15) is 17.4 Å². The van der Waals surface area contributed by atoms with Gasteiger partial charge < -0.3 is 25.7 Å². The molecule has 0 saturated heterocycles. The number of H-pyrrole nitrogens is 1. The Balaban J connectivity index is 2.08. The molecule has 0 spiro atoms. The zero-order valence-corrected chi connectivity index (χ0v) is 13.8. The van der Waals surface area contributed by atoms with Crippen molar-refractivity contribution in [2.45, 2.75) is 6.10 Å². The Morgan fingerprint density at radius 3 is 2.77 bits per heavy atom. The summed E-state index contributed by atoms with van der Waals surface area (Å²) in [6, 6.07) is 9.96. The summed E-state index contributed by atoms with van der Waals surface area (Å²) < 4.78 is 0. The van der Waals surface area contributed by atoms with Crippen LogP contribution in [0.4, 0.5) is 5.69 Å². The third kappa shape index (κ3) is 3.37. The van der Waals surface area contributed by atoms with Crippen molar-refractivity contribution in [1.82, 2.24) is 9.97 Å². The molecule has 26 heavy (non-hydrogen) atoms. The van der Waals surface area contributed by atoms with E-state index >= 15 is 0 Å². The van der Waals surface area contributed by atoms with Crippen LogP contribution in [0.2, 0.25) is 5.02 Å². The number of nitrogens with one attached hydrogen (secondary N) is 1. The Bertz CT molecular complexity index is 1050. The van der Waals surface area contributed by atoms with Gasteiger partial charge in [-0.2, -0.15) is 0 Å². The summed E-state index contributed by atoms with van der Waals surface area (Å²) in [5.74, 6) is 0. The van der Waals surface area contributed by atoms with E-state index in [1.165, 1.54) is 30.3 Å². The normalized spacial score (nSPS) is 13.0. The third-order valence-electron chi connectivity index (χ3n) is 3.67. The molecule has 0 amide bonds. The van der Waals surface area contributed by atoms with Crippen LogP contribution in [-0.4, -0.2) is 31.2 Å². The van der Waals surface area contributed by atoms with E-state index in [4.69, 9.17) is 16.8 Å². The van der Waals surface area contributed by atoms with E-state index in [0.29, 0.717) is 16.1 Å². The van der Waals surface area contributed by atoms with Gasteiger partial charge in [0.25, 0.3) is 5.56 Å². The number of aliphatic hydroxyl groups is 1. The van der Waals surface area contributed by atoms with Crippen molar-refractivity contribution in [3.05, 3.63) is 74.3 Å². The zero-order chi connectivity index (χ0) is 18.8. The fourth-order valence-electron chi connectivity index (χ4n) is 2.44. The molecule has 3 rings (SSSR count). The highest BCUT2D eigenvalue weighted by Gasteiger charge is 2.23. The highest BCUT2D eigenvalue weighted by atomic mass is 35.5. The molecule has 2 aromatic carbocycles. The molecule has 0 fully saturated rings. The molecule has 0 aliphatic heterocycles. The SMILES string of the molecule is O=c1[nH]c2cc(Cl)ccc2nc1/C(=N/O)C(O)c1cccc(N([O-])O)c1. The summed E-state index contributed by atoms with van der Waals surface area (Å²) in [4.78, 5) is 19.0. The number of hydrogen-bond donors (Lipinski definition) is 4. The average Bonchev–Trinajstić information content (AvgIpc) is 2.62. The maximum atomic E-state index is 12.3. The van der Waals surface area contributed by atoms with Gasteiger partial charge in [-0.3, -0.25) is 10.0 Å². The second kappa shape index (κ2) is 7.10. The summed E-state index contributed by atoms with van der Waals surface area (Å²) in [6.07, 6.45) is -1.57. The first-order valence-corrected chi connectivity index (χ1v) is 7.64. The summed E-state index contributed by atoms with van der Waals surface area (Å²) in [5, 5.41) is 42.8. The van der Waals surface area contributed by atoms with Crippen LogP contribution in [0.25, 0.3) is 11.0 Å². The predicted octanol–water partition coefficient (Wildman–Crippen LogP) is 2.18. The molecule has 1 aromatic heterocycles. The van der Waals surface area contributed by atoms with Crippen molar-refractivity contribution in [2.75, 3.05) is 5.23 Å². The van der Waals surface area contributed by atoms with Gasteiger partial charge in [0.2, 0.25) is 0 Å². The first kappa shape index (κ1) is 17.8. The number of aliphatic hydroxyl groups excluding tert-OH is 1. The Morgan fingerprint density at radius 2 is 2.08 bits per heavy atom. The molecule has 0 aliphatic rings. The lowest BCUT2D eigenvalue weighted by molar-refractivity contribution is 0.235. The molecule has 1 heterocycles. The van der Waals surface area contributed by atoms with E-state index in [2.05, 4.69) is 15.1 Å². The molecule has 0 saturated carbocycles. The van der Waals surface area contributed by atoms with Gasteiger partial charge >= 0.3 is 0 Å². The standard InChI is InChI=1S/C16H12ClN4O5/c17-9-4-5-11-12(7-9)19-16(23)14(18-11)13(20-24)15(22)8-2-1-3-10(6-8)21(25)26/h1-7,15,22,24-25H,(H,19,23)/q-1/b20-13-. The van der Waals surface area contributed by atoms with Crippen molar-refractivity contribution in [3.8, 4) is 0 Å².